The SMILES string of the molecule is CCCNc1ccnc(C(=O)NCCN2CCSCC2)c1. The van der Waals surface area contributed by atoms with Gasteiger partial charge in [0.25, 0.3) is 5.91 Å². The Labute approximate surface area is 130 Å². The highest BCUT2D eigenvalue weighted by atomic mass is 32.2. The average molecular weight is 308 g/mol. The van der Waals surface area contributed by atoms with Crippen molar-refractivity contribution >= 4 is 23.4 Å². The molecule has 2 N–H and O–H groups in total. The summed E-state index contributed by atoms with van der Waals surface area (Å²) in [6.07, 6.45) is 2.73. The zero-order valence-corrected chi connectivity index (χ0v) is 13.4. The molecule has 1 aliphatic heterocycles. The molecule has 0 bridgehead atoms. The molecule has 1 aromatic rings. The third kappa shape index (κ3) is 5.55. The molecule has 21 heavy (non-hydrogen) atoms. The first-order chi connectivity index (χ1) is 10.3. The van der Waals surface area contributed by atoms with Crippen LogP contribution in [-0.2, 0) is 0 Å². The van der Waals surface area contributed by atoms with Crippen molar-refractivity contribution in [3.8, 4) is 0 Å². The van der Waals surface area contributed by atoms with Crippen molar-refractivity contribution in [2.75, 3.05) is 49.5 Å². The van der Waals surface area contributed by atoms with E-state index in [1.807, 2.05) is 23.9 Å². The normalized spacial score (nSPS) is 15.7. The standard InChI is InChI=1S/C15H24N4OS/c1-2-4-16-13-3-5-17-14(12-13)15(20)18-6-7-19-8-10-21-11-9-19/h3,5,12H,2,4,6-11H2,1H3,(H,16,17)(H,18,20). The minimum Gasteiger partial charge on any atom is -0.385 e. The van der Waals surface area contributed by atoms with Crippen LogP contribution in [0.2, 0.25) is 0 Å². The van der Waals surface area contributed by atoms with Gasteiger partial charge in [0.2, 0.25) is 0 Å². The second kappa shape index (κ2) is 8.89. The lowest BCUT2D eigenvalue weighted by Crippen LogP contribution is -2.39. The number of pyridine rings is 1. The summed E-state index contributed by atoms with van der Waals surface area (Å²) in [4.78, 5) is 18.6. The third-order valence-electron chi connectivity index (χ3n) is 3.39. The quantitative estimate of drug-likeness (QED) is 0.803. The fourth-order valence-electron chi connectivity index (χ4n) is 2.18. The van der Waals surface area contributed by atoms with Gasteiger partial charge >= 0.3 is 0 Å². The van der Waals surface area contributed by atoms with E-state index in [9.17, 15) is 4.79 Å². The van der Waals surface area contributed by atoms with Gasteiger partial charge < -0.3 is 10.6 Å². The van der Waals surface area contributed by atoms with Crippen LogP contribution in [0.4, 0.5) is 5.69 Å². The van der Waals surface area contributed by atoms with Crippen LogP contribution < -0.4 is 10.6 Å². The highest BCUT2D eigenvalue weighted by molar-refractivity contribution is 7.99. The lowest BCUT2D eigenvalue weighted by Gasteiger charge is -2.25. The maximum atomic E-state index is 12.1. The second-order valence-corrected chi connectivity index (χ2v) is 6.29. The van der Waals surface area contributed by atoms with Gasteiger partial charge in [0.1, 0.15) is 5.69 Å². The number of carbonyl (C=O) groups is 1. The number of amides is 1. The van der Waals surface area contributed by atoms with Crippen molar-refractivity contribution in [2.24, 2.45) is 0 Å². The molecule has 1 aliphatic rings. The zero-order valence-electron chi connectivity index (χ0n) is 12.6. The maximum absolute atomic E-state index is 12.1. The highest BCUT2D eigenvalue weighted by Crippen LogP contribution is 2.09. The Kier molecular flexibility index (Phi) is 6.82. The van der Waals surface area contributed by atoms with Crippen LogP contribution in [0, 0.1) is 0 Å². The summed E-state index contributed by atoms with van der Waals surface area (Å²) in [7, 11) is 0. The van der Waals surface area contributed by atoms with Crippen molar-refractivity contribution in [1.29, 1.82) is 0 Å². The Morgan fingerprint density at radius 2 is 2.19 bits per heavy atom. The largest absolute Gasteiger partial charge is 0.385 e. The van der Waals surface area contributed by atoms with E-state index in [0.29, 0.717) is 12.2 Å². The lowest BCUT2D eigenvalue weighted by molar-refractivity contribution is 0.0944. The summed E-state index contributed by atoms with van der Waals surface area (Å²) in [5.74, 6) is 2.29. The van der Waals surface area contributed by atoms with Crippen molar-refractivity contribution in [1.82, 2.24) is 15.2 Å². The Morgan fingerprint density at radius 1 is 1.38 bits per heavy atom. The van der Waals surface area contributed by atoms with E-state index in [-0.39, 0.29) is 5.91 Å². The van der Waals surface area contributed by atoms with Crippen molar-refractivity contribution in [3.05, 3.63) is 24.0 Å². The summed E-state index contributed by atoms with van der Waals surface area (Å²) in [5.41, 5.74) is 1.43. The molecule has 0 aliphatic carbocycles. The van der Waals surface area contributed by atoms with Crippen LogP contribution in [0.3, 0.4) is 0 Å². The van der Waals surface area contributed by atoms with Gasteiger partial charge in [-0.3, -0.25) is 14.7 Å². The molecule has 6 heteroatoms. The maximum Gasteiger partial charge on any atom is 0.269 e. The van der Waals surface area contributed by atoms with E-state index < -0.39 is 0 Å². The number of nitrogens with one attached hydrogen (secondary N) is 2. The molecule has 1 fully saturated rings. The smallest absolute Gasteiger partial charge is 0.269 e. The predicted molar refractivity (Wildman–Crippen MR) is 89.1 cm³/mol. The first kappa shape index (κ1) is 16.1. The monoisotopic (exact) mass is 308 g/mol. The molecule has 0 spiro atoms. The fourth-order valence-corrected chi connectivity index (χ4v) is 3.16. The molecule has 0 unspecified atom stereocenters. The van der Waals surface area contributed by atoms with E-state index in [4.69, 9.17) is 0 Å². The summed E-state index contributed by atoms with van der Waals surface area (Å²) in [5, 5.41) is 6.22. The van der Waals surface area contributed by atoms with Gasteiger partial charge in [0, 0.05) is 56.1 Å². The molecule has 1 saturated heterocycles. The molecule has 0 aromatic carbocycles. The molecule has 2 heterocycles. The molecule has 0 radical (unpaired) electrons. The second-order valence-electron chi connectivity index (χ2n) is 5.07. The molecule has 0 atom stereocenters. The van der Waals surface area contributed by atoms with Gasteiger partial charge in [-0.15, -0.1) is 0 Å². The van der Waals surface area contributed by atoms with Crippen LogP contribution in [0.15, 0.2) is 18.3 Å². The van der Waals surface area contributed by atoms with Crippen LogP contribution in [0.5, 0.6) is 0 Å². The van der Waals surface area contributed by atoms with E-state index in [1.165, 1.54) is 11.5 Å². The molecule has 1 amide bonds. The predicted octanol–water partition coefficient (Wildman–Crippen LogP) is 1.68. The van der Waals surface area contributed by atoms with E-state index in [1.54, 1.807) is 6.20 Å². The minimum absolute atomic E-state index is 0.0958. The number of aromatic nitrogens is 1. The number of thioether (sulfide) groups is 1. The Morgan fingerprint density at radius 3 is 2.95 bits per heavy atom. The summed E-state index contributed by atoms with van der Waals surface area (Å²) in [6, 6.07) is 3.69. The Balaban J connectivity index is 1.76. The van der Waals surface area contributed by atoms with Gasteiger partial charge in [-0.25, -0.2) is 0 Å². The summed E-state index contributed by atoms with van der Waals surface area (Å²) < 4.78 is 0. The molecular weight excluding hydrogens is 284 g/mol. The first-order valence-corrected chi connectivity index (χ1v) is 8.73. The number of hydrogen-bond acceptors (Lipinski definition) is 5. The van der Waals surface area contributed by atoms with Crippen molar-refractivity contribution in [2.45, 2.75) is 13.3 Å². The lowest BCUT2D eigenvalue weighted by atomic mass is 10.3. The molecule has 0 saturated carbocycles. The number of hydrogen-bond donors (Lipinski definition) is 2. The third-order valence-corrected chi connectivity index (χ3v) is 4.33. The van der Waals surface area contributed by atoms with Crippen LogP contribution in [-0.4, -0.2) is 60.0 Å². The van der Waals surface area contributed by atoms with Crippen LogP contribution in [0.1, 0.15) is 23.8 Å². The zero-order chi connectivity index (χ0) is 14.9. The molecule has 2 rings (SSSR count). The summed E-state index contributed by atoms with van der Waals surface area (Å²) >= 11 is 2.00. The van der Waals surface area contributed by atoms with E-state index >= 15 is 0 Å². The van der Waals surface area contributed by atoms with Crippen molar-refractivity contribution in [3.63, 3.8) is 0 Å². The average Bonchev–Trinajstić information content (AvgIpc) is 2.54. The molecule has 5 nitrogen and oxygen atoms in total. The van der Waals surface area contributed by atoms with Gasteiger partial charge in [-0.1, -0.05) is 6.92 Å². The van der Waals surface area contributed by atoms with E-state index in [0.717, 1.165) is 38.3 Å². The minimum atomic E-state index is -0.0958. The number of carbonyl (C=O) groups excluding carboxylic acids is 1. The van der Waals surface area contributed by atoms with Gasteiger partial charge in [-0.2, -0.15) is 11.8 Å². The van der Waals surface area contributed by atoms with Gasteiger partial charge in [-0.05, 0) is 18.6 Å². The number of anilines is 1. The summed E-state index contributed by atoms with van der Waals surface area (Å²) in [6.45, 7) is 6.85. The van der Waals surface area contributed by atoms with Gasteiger partial charge in [0.05, 0.1) is 0 Å². The van der Waals surface area contributed by atoms with Crippen LogP contribution >= 0.6 is 11.8 Å². The van der Waals surface area contributed by atoms with Gasteiger partial charge in [0.15, 0.2) is 0 Å². The topological polar surface area (TPSA) is 57.3 Å². The molecule has 116 valence electrons. The molecule has 1 aromatic heterocycles. The van der Waals surface area contributed by atoms with E-state index in [2.05, 4.69) is 27.4 Å². The first-order valence-electron chi connectivity index (χ1n) is 7.58. The Bertz CT molecular complexity index is 449. The highest BCUT2D eigenvalue weighted by Gasteiger charge is 2.11. The number of nitrogens with zero attached hydrogens (tertiary/aromatic N) is 2. The Hall–Kier alpha value is -1.27. The van der Waals surface area contributed by atoms with Crippen molar-refractivity contribution < 1.29 is 4.79 Å². The fraction of sp³-hybridized carbons (Fsp3) is 0.600. The molecular formula is C15H24N4OS. The van der Waals surface area contributed by atoms with Crippen LogP contribution in [0.25, 0.3) is 0 Å². The number of rotatable bonds is 7.